The van der Waals surface area contributed by atoms with E-state index in [4.69, 9.17) is 0 Å². The highest BCUT2D eigenvalue weighted by Gasteiger charge is 2.23. The Labute approximate surface area is 124 Å². The molecule has 5 heteroatoms. The molecule has 1 fully saturated rings. The standard InChI is InChI=1S/C16H22N4O/c1-2-8-20-9-7-12(11-20)17-16(21)10-15-18-13-5-3-4-6-14(13)19-15/h3-6,12H,2,7-11H2,1H3,(H,17,21)(H,18,19). The molecule has 0 spiro atoms. The molecule has 3 rings (SSSR count). The number of hydrogen-bond donors (Lipinski definition) is 2. The van der Waals surface area contributed by atoms with Crippen LogP contribution in [0.5, 0.6) is 0 Å². The molecule has 1 aliphatic heterocycles. The number of imidazole rings is 1. The number of aromatic nitrogens is 2. The fraction of sp³-hybridized carbons (Fsp3) is 0.500. The van der Waals surface area contributed by atoms with E-state index in [-0.39, 0.29) is 11.9 Å². The summed E-state index contributed by atoms with van der Waals surface area (Å²) in [6.07, 6.45) is 2.53. The lowest BCUT2D eigenvalue weighted by molar-refractivity contribution is -0.121. The number of likely N-dealkylation sites (tertiary alicyclic amines) is 1. The highest BCUT2D eigenvalue weighted by Crippen LogP contribution is 2.12. The minimum absolute atomic E-state index is 0.0532. The third-order valence-electron chi connectivity index (χ3n) is 3.94. The molecule has 1 saturated heterocycles. The minimum Gasteiger partial charge on any atom is -0.352 e. The SMILES string of the molecule is CCCN1CCC(NC(=O)Cc2nc3ccccc3[nH]2)C1. The normalized spacial score (nSPS) is 19.2. The molecule has 0 bridgehead atoms. The van der Waals surface area contributed by atoms with Crippen molar-refractivity contribution < 1.29 is 4.79 Å². The molecule has 1 atom stereocenters. The third kappa shape index (κ3) is 3.42. The Bertz CT molecular complexity index is 589. The number of para-hydroxylation sites is 2. The second-order valence-electron chi connectivity index (χ2n) is 5.73. The van der Waals surface area contributed by atoms with Gasteiger partial charge in [0, 0.05) is 19.1 Å². The maximum atomic E-state index is 12.1. The van der Waals surface area contributed by atoms with Crippen LogP contribution in [0.3, 0.4) is 0 Å². The van der Waals surface area contributed by atoms with Crippen molar-refractivity contribution in [1.82, 2.24) is 20.2 Å². The lowest BCUT2D eigenvalue weighted by Gasteiger charge is -2.15. The summed E-state index contributed by atoms with van der Waals surface area (Å²) in [4.78, 5) is 22.2. The lowest BCUT2D eigenvalue weighted by Crippen LogP contribution is -2.38. The summed E-state index contributed by atoms with van der Waals surface area (Å²) in [6.45, 7) is 5.37. The van der Waals surface area contributed by atoms with Gasteiger partial charge in [-0.2, -0.15) is 0 Å². The van der Waals surface area contributed by atoms with Gasteiger partial charge in [0.25, 0.3) is 0 Å². The molecule has 0 radical (unpaired) electrons. The number of fused-ring (bicyclic) bond motifs is 1. The van der Waals surface area contributed by atoms with E-state index >= 15 is 0 Å². The number of carbonyl (C=O) groups is 1. The Morgan fingerprint density at radius 3 is 3.14 bits per heavy atom. The number of nitrogens with one attached hydrogen (secondary N) is 2. The zero-order chi connectivity index (χ0) is 14.7. The summed E-state index contributed by atoms with van der Waals surface area (Å²) in [5.74, 6) is 0.787. The number of nitrogens with zero attached hydrogens (tertiary/aromatic N) is 2. The van der Waals surface area contributed by atoms with Crippen LogP contribution in [0.15, 0.2) is 24.3 Å². The summed E-state index contributed by atoms with van der Waals surface area (Å²) < 4.78 is 0. The maximum absolute atomic E-state index is 12.1. The smallest absolute Gasteiger partial charge is 0.227 e. The van der Waals surface area contributed by atoms with Gasteiger partial charge >= 0.3 is 0 Å². The molecular formula is C16H22N4O. The van der Waals surface area contributed by atoms with Crippen molar-refractivity contribution in [2.45, 2.75) is 32.2 Å². The molecule has 1 unspecified atom stereocenters. The van der Waals surface area contributed by atoms with E-state index in [1.807, 2.05) is 24.3 Å². The van der Waals surface area contributed by atoms with E-state index in [2.05, 4.69) is 27.1 Å². The second kappa shape index (κ2) is 6.26. The molecule has 5 nitrogen and oxygen atoms in total. The van der Waals surface area contributed by atoms with E-state index in [1.165, 1.54) is 6.42 Å². The number of rotatable bonds is 5. The highest BCUT2D eigenvalue weighted by molar-refractivity contribution is 5.80. The predicted octanol–water partition coefficient (Wildman–Crippen LogP) is 1.71. The maximum Gasteiger partial charge on any atom is 0.227 e. The van der Waals surface area contributed by atoms with Crippen LogP contribution in [0.1, 0.15) is 25.6 Å². The molecule has 0 aliphatic carbocycles. The topological polar surface area (TPSA) is 61.0 Å². The lowest BCUT2D eigenvalue weighted by atomic mass is 10.2. The van der Waals surface area contributed by atoms with Crippen molar-refractivity contribution in [3.8, 4) is 0 Å². The van der Waals surface area contributed by atoms with Gasteiger partial charge in [0.2, 0.25) is 5.91 Å². The fourth-order valence-corrected chi connectivity index (χ4v) is 2.99. The first-order valence-electron chi connectivity index (χ1n) is 7.70. The summed E-state index contributed by atoms with van der Waals surface area (Å²) in [5, 5.41) is 3.12. The first-order chi connectivity index (χ1) is 10.2. The van der Waals surface area contributed by atoms with Gasteiger partial charge in [-0.25, -0.2) is 4.98 Å². The number of aromatic amines is 1. The first kappa shape index (κ1) is 14.1. The van der Waals surface area contributed by atoms with E-state index in [0.717, 1.165) is 42.9 Å². The average Bonchev–Trinajstić information content (AvgIpc) is 3.05. The highest BCUT2D eigenvalue weighted by atomic mass is 16.1. The van der Waals surface area contributed by atoms with E-state index in [0.29, 0.717) is 6.42 Å². The van der Waals surface area contributed by atoms with Gasteiger partial charge in [-0.05, 0) is 31.5 Å². The Hall–Kier alpha value is -1.88. The molecule has 2 heterocycles. The molecule has 21 heavy (non-hydrogen) atoms. The van der Waals surface area contributed by atoms with Gasteiger partial charge in [-0.15, -0.1) is 0 Å². The van der Waals surface area contributed by atoms with Crippen LogP contribution in [-0.2, 0) is 11.2 Å². The summed E-state index contributed by atoms with van der Waals surface area (Å²) in [6, 6.07) is 8.13. The zero-order valence-corrected chi connectivity index (χ0v) is 12.4. The van der Waals surface area contributed by atoms with Gasteiger partial charge in [-0.3, -0.25) is 4.79 Å². The summed E-state index contributed by atoms with van der Waals surface area (Å²) in [7, 11) is 0. The summed E-state index contributed by atoms with van der Waals surface area (Å²) >= 11 is 0. The van der Waals surface area contributed by atoms with Gasteiger partial charge in [0.1, 0.15) is 5.82 Å². The molecule has 1 amide bonds. The second-order valence-corrected chi connectivity index (χ2v) is 5.73. The Kier molecular flexibility index (Phi) is 4.20. The van der Waals surface area contributed by atoms with Gasteiger partial charge < -0.3 is 15.2 Å². The molecule has 1 aromatic carbocycles. The van der Waals surface area contributed by atoms with Crippen molar-refractivity contribution in [3.05, 3.63) is 30.1 Å². The van der Waals surface area contributed by atoms with Crippen molar-refractivity contribution in [1.29, 1.82) is 0 Å². The Morgan fingerprint density at radius 2 is 2.33 bits per heavy atom. The average molecular weight is 286 g/mol. The van der Waals surface area contributed by atoms with E-state index < -0.39 is 0 Å². The molecule has 2 aromatic rings. The number of amides is 1. The summed E-state index contributed by atoms with van der Waals surface area (Å²) in [5.41, 5.74) is 1.89. The molecule has 1 aromatic heterocycles. The van der Waals surface area contributed by atoms with Crippen molar-refractivity contribution in [3.63, 3.8) is 0 Å². The molecule has 0 saturated carbocycles. The zero-order valence-electron chi connectivity index (χ0n) is 12.4. The van der Waals surface area contributed by atoms with Crippen LogP contribution < -0.4 is 5.32 Å². The molecular weight excluding hydrogens is 264 g/mol. The van der Waals surface area contributed by atoms with Crippen molar-refractivity contribution in [2.75, 3.05) is 19.6 Å². The van der Waals surface area contributed by atoms with Gasteiger partial charge in [-0.1, -0.05) is 19.1 Å². The largest absolute Gasteiger partial charge is 0.352 e. The third-order valence-corrected chi connectivity index (χ3v) is 3.94. The van der Waals surface area contributed by atoms with Crippen molar-refractivity contribution >= 4 is 16.9 Å². The van der Waals surface area contributed by atoms with Crippen molar-refractivity contribution in [2.24, 2.45) is 0 Å². The monoisotopic (exact) mass is 286 g/mol. The number of H-pyrrole nitrogens is 1. The molecule has 2 N–H and O–H groups in total. The number of benzene rings is 1. The Morgan fingerprint density at radius 1 is 1.48 bits per heavy atom. The van der Waals surface area contributed by atoms with Crippen LogP contribution in [-0.4, -0.2) is 46.5 Å². The Balaban J connectivity index is 1.54. The van der Waals surface area contributed by atoms with Crippen LogP contribution in [0.2, 0.25) is 0 Å². The van der Waals surface area contributed by atoms with Crippen LogP contribution >= 0.6 is 0 Å². The number of carbonyl (C=O) groups excluding carboxylic acids is 1. The minimum atomic E-state index is 0.0532. The van der Waals surface area contributed by atoms with E-state index in [9.17, 15) is 4.79 Å². The molecule has 1 aliphatic rings. The van der Waals surface area contributed by atoms with Crippen LogP contribution in [0.4, 0.5) is 0 Å². The van der Waals surface area contributed by atoms with Crippen LogP contribution in [0.25, 0.3) is 11.0 Å². The molecule has 112 valence electrons. The first-order valence-corrected chi connectivity index (χ1v) is 7.70. The quantitative estimate of drug-likeness (QED) is 0.879. The van der Waals surface area contributed by atoms with E-state index in [1.54, 1.807) is 0 Å². The fourth-order valence-electron chi connectivity index (χ4n) is 2.99. The predicted molar refractivity (Wildman–Crippen MR) is 83.1 cm³/mol. The van der Waals surface area contributed by atoms with Gasteiger partial charge in [0.15, 0.2) is 0 Å². The van der Waals surface area contributed by atoms with Gasteiger partial charge in [0.05, 0.1) is 17.5 Å². The van der Waals surface area contributed by atoms with Crippen LogP contribution in [0, 0.1) is 0 Å². The number of hydrogen-bond acceptors (Lipinski definition) is 3.